The van der Waals surface area contributed by atoms with Crippen molar-refractivity contribution in [1.82, 2.24) is 19.3 Å². The lowest BCUT2D eigenvalue weighted by atomic mass is 10.1. The molecule has 0 saturated heterocycles. The Balaban J connectivity index is 2.04. The van der Waals surface area contributed by atoms with E-state index in [1.807, 2.05) is 30.5 Å². The first kappa shape index (κ1) is 11.0. The van der Waals surface area contributed by atoms with Crippen molar-refractivity contribution in [3.8, 4) is 0 Å². The summed E-state index contributed by atoms with van der Waals surface area (Å²) in [5, 5.41) is 4.19. The molecule has 3 aromatic rings. The Morgan fingerprint density at radius 1 is 1.17 bits per heavy atom. The lowest BCUT2D eigenvalue weighted by Gasteiger charge is -2.04. The third-order valence-electron chi connectivity index (χ3n) is 3.35. The van der Waals surface area contributed by atoms with Crippen LogP contribution in [-0.4, -0.2) is 19.3 Å². The number of rotatable bonds is 2. The molecule has 0 bridgehead atoms. The van der Waals surface area contributed by atoms with Crippen molar-refractivity contribution in [2.75, 3.05) is 0 Å². The first-order chi connectivity index (χ1) is 8.63. The molecular weight excluding hydrogens is 224 g/mol. The summed E-state index contributed by atoms with van der Waals surface area (Å²) in [6.07, 6.45) is 5.83. The van der Waals surface area contributed by atoms with Crippen molar-refractivity contribution in [2.45, 2.75) is 20.4 Å². The van der Waals surface area contributed by atoms with E-state index in [1.54, 1.807) is 0 Å². The Labute approximate surface area is 106 Å². The van der Waals surface area contributed by atoms with Crippen molar-refractivity contribution in [3.05, 3.63) is 47.5 Å². The van der Waals surface area contributed by atoms with Gasteiger partial charge >= 0.3 is 0 Å². The molecule has 0 spiro atoms. The predicted octanol–water partition coefficient (Wildman–Crippen LogP) is 2.43. The minimum Gasteiger partial charge on any atom is -0.326 e. The van der Waals surface area contributed by atoms with Crippen LogP contribution in [0.2, 0.25) is 0 Å². The molecule has 0 N–H and O–H groups in total. The van der Waals surface area contributed by atoms with E-state index in [1.165, 1.54) is 22.2 Å². The van der Waals surface area contributed by atoms with Crippen LogP contribution in [0.4, 0.5) is 0 Å². The van der Waals surface area contributed by atoms with Gasteiger partial charge in [0.15, 0.2) is 0 Å². The molecule has 2 aromatic heterocycles. The molecule has 0 aliphatic carbocycles. The second-order valence-electron chi connectivity index (χ2n) is 4.82. The number of fused-ring (bicyclic) bond motifs is 1. The predicted molar refractivity (Wildman–Crippen MR) is 71.5 cm³/mol. The van der Waals surface area contributed by atoms with Crippen LogP contribution in [0.5, 0.6) is 0 Å². The maximum Gasteiger partial charge on any atom is 0.0961 e. The fourth-order valence-corrected chi connectivity index (χ4v) is 2.19. The van der Waals surface area contributed by atoms with Crippen molar-refractivity contribution in [1.29, 1.82) is 0 Å². The summed E-state index contributed by atoms with van der Waals surface area (Å²) < 4.78 is 3.99. The monoisotopic (exact) mass is 240 g/mol. The van der Waals surface area contributed by atoms with E-state index in [0.29, 0.717) is 0 Å². The summed E-state index contributed by atoms with van der Waals surface area (Å²) in [4.78, 5) is 4.46. The second kappa shape index (κ2) is 3.98. The highest BCUT2D eigenvalue weighted by Crippen LogP contribution is 2.19. The zero-order chi connectivity index (χ0) is 12.7. The molecular formula is C14H16N4. The maximum atomic E-state index is 4.46. The van der Waals surface area contributed by atoms with Crippen LogP contribution in [0.15, 0.2) is 30.9 Å². The first-order valence-corrected chi connectivity index (χ1v) is 6.03. The van der Waals surface area contributed by atoms with Gasteiger partial charge in [-0.15, -0.1) is 0 Å². The van der Waals surface area contributed by atoms with Gasteiger partial charge in [0, 0.05) is 18.8 Å². The standard InChI is InChI=1S/C14H16N4/c1-10-4-13-14(5-11(10)2)18(9-15-13)8-12-6-16-17(3)7-12/h4-7,9H,8H2,1-3H3. The number of aryl methyl sites for hydroxylation is 3. The van der Waals surface area contributed by atoms with E-state index in [2.05, 4.69) is 40.6 Å². The van der Waals surface area contributed by atoms with Gasteiger partial charge in [-0.3, -0.25) is 4.68 Å². The van der Waals surface area contributed by atoms with E-state index in [9.17, 15) is 0 Å². The van der Waals surface area contributed by atoms with Crippen molar-refractivity contribution in [3.63, 3.8) is 0 Å². The lowest BCUT2D eigenvalue weighted by molar-refractivity contribution is 0.764. The van der Waals surface area contributed by atoms with Gasteiger partial charge in [0.1, 0.15) is 0 Å². The highest BCUT2D eigenvalue weighted by Gasteiger charge is 2.06. The van der Waals surface area contributed by atoms with Crippen LogP contribution in [0.1, 0.15) is 16.7 Å². The van der Waals surface area contributed by atoms with E-state index >= 15 is 0 Å². The van der Waals surface area contributed by atoms with Gasteiger partial charge in [0.25, 0.3) is 0 Å². The third-order valence-corrected chi connectivity index (χ3v) is 3.35. The zero-order valence-electron chi connectivity index (χ0n) is 10.9. The van der Waals surface area contributed by atoms with Crippen molar-refractivity contribution in [2.24, 2.45) is 7.05 Å². The zero-order valence-corrected chi connectivity index (χ0v) is 10.9. The van der Waals surface area contributed by atoms with Gasteiger partial charge in [-0.25, -0.2) is 4.98 Å². The highest BCUT2D eigenvalue weighted by molar-refractivity contribution is 5.77. The molecule has 3 rings (SSSR count). The molecule has 1 aromatic carbocycles. The number of benzene rings is 1. The molecule has 0 saturated carbocycles. The minimum absolute atomic E-state index is 0.812. The second-order valence-corrected chi connectivity index (χ2v) is 4.82. The molecule has 92 valence electrons. The summed E-state index contributed by atoms with van der Waals surface area (Å²) in [6, 6.07) is 4.35. The third kappa shape index (κ3) is 1.79. The largest absolute Gasteiger partial charge is 0.326 e. The Kier molecular flexibility index (Phi) is 2.44. The number of hydrogen-bond donors (Lipinski definition) is 0. The average Bonchev–Trinajstić information content (AvgIpc) is 2.89. The van der Waals surface area contributed by atoms with Gasteiger partial charge in [-0.1, -0.05) is 0 Å². The van der Waals surface area contributed by atoms with Crippen LogP contribution in [-0.2, 0) is 13.6 Å². The number of nitrogens with zero attached hydrogens (tertiary/aromatic N) is 4. The normalized spacial score (nSPS) is 11.3. The van der Waals surface area contributed by atoms with Crippen LogP contribution in [0.25, 0.3) is 11.0 Å². The van der Waals surface area contributed by atoms with Crippen LogP contribution < -0.4 is 0 Å². The first-order valence-electron chi connectivity index (χ1n) is 6.03. The topological polar surface area (TPSA) is 35.6 Å². The summed E-state index contributed by atoms with van der Waals surface area (Å²) in [7, 11) is 1.93. The Hall–Kier alpha value is -2.10. The summed E-state index contributed by atoms with van der Waals surface area (Å²) in [6.45, 7) is 5.07. The summed E-state index contributed by atoms with van der Waals surface area (Å²) in [5.74, 6) is 0. The summed E-state index contributed by atoms with van der Waals surface area (Å²) in [5.41, 5.74) is 6.02. The molecule has 0 unspecified atom stereocenters. The fraction of sp³-hybridized carbons (Fsp3) is 0.286. The molecule has 4 nitrogen and oxygen atoms in total. The van der Waals surface area contributed by atoms with Gasteiger partial charge in [0.05, 0.1) is 30.1 Å². The molecule has 4 heteroatoms. The quantitative estimate of drug-likeness (QED) is 0.689. The Morgan fingerprint density at radius 3 is 2.67 bits per heavy atom. The minimum atomic E-state index is 0.812. The molecule has 18 heavy (non-hydrogen) atoms. The molecule has 0 aliphatic rings. The van der Waals surface area contributed by atoms with Gasteiger partial charge in [0.2, 0.25) is 0 Å². The smallest absolute Gasteiger partial charge is 0.0961 e. The molecule has 0 atom stereocenters. The van der Waals surface area contributed by atoms with E-state index in [0.717, 1.165) is 12.1 Å². The SMILES string of the molecule is Cc1cc2ncn(Cc3cnn(C)c3)c2cc1C. The van der Waals surface area contributed by atoms with E-state index in [-0.39, 0.29) is 0 Å². The van der Waals surface area contributed by atoms with Crippen LogP contribution in [0, 0.1) is 13.8 Å². The van der Waals surface area contributed by atoms with Gasteiger partial charge in [-0.2, -0.15) is 5.10 Å². The summed E-state index contributed by atoms with van der Waals surface area (Å²) >= 11 is 0. The Morgan fingerprint density at radius 2 is 1.94 bits per heavy atom. The van der Waals surface area contributed by atoms with Crippen molar-refractivity contribution < 1.29 is 0 Å². The molecule has 0 radical (unpaired) electrons. The van der Waals surface area contributed by atoms with Gasteiger partial charge < -0.3 is 4.57 Å². The average molecular weight is 240 g/mol. The number of hydrogen-bond acceptors (Lipinski definition) is 2. The molecule has 2 heterocycles. The van der Waals surface area contributed by atoms with E-state index < -0.39 is 0 Å². The number of imidazole rings is 1. The fourth-order valence-electron chi connectivity index (χ4n) is 2.19. The molecule has 0 fully saturated rings. The Bertz CT molecular complexity index is 706. The highest BCUT2D eigenvalue weighted by atomic mass is 15.2. The van der Waals surface area contributed by atoms with Crippen LogP contribution in [0.3, 0.4) is 0 Å². The molecule has 0 amide bonds. The lowest BCUT2D eigenvalue weighted by Crippen LogP contribution is -1.97. The van der Waals surface area contributed by atoms with E-state index in [4.69, 9.17) is 0 Å². The molecule has 0 aliphatic heterocycles. The van der Waals surface area contributed by atoms with Crippen LogP contribution >= 0.6 is 0 Å². The van der Waals surface area contributed by atoms with Gasteiger partial charge in [-0.05, 0) is 37.1 Å². The van der Waals surface area contributed by atoms with Crippen molar-refractivity contribution >= 4 is 11.0 Å². The maximum absolute atomic E-state index is 4.46. The number of aromatic nitrogens is 4.